The predicted octanol–water partition coefficient (Wildman–Crippen LogP) is 2.83. The molecule has 0 bridgehead atoms. The third-order valence-corrected chi connectivity index (χ3v) is 2.82. The monoisotopic (exact) mass is 245 g/mol. The highest BCUT2D eigenvalue weighted by molar-refractivity contribution is 5.54. The highest BCUT2D eigenvalue weighted by atomic mass is 19.1. The molecule has 0 aliphatic heterocycles. The van der Waals surface area contributed by atoms with Gasteiger partial charge >= 0.3 is 0 Å². The van der Waals surface area contributed by atoms with E-state index in [0.717, 1.165) is 12.1 Å². The van der Waals surface area contributed by atoms with Crippen molar-refractivity contribution < 1.29 is 4.39 Å². The smallest absolute Gasteiger partial charge is 0.148 e. The molecule has 4 heteroatoms. The number of rotatable bonds is 4. The minimum absolute atomic E-state index is 0.286. The van der Waals surface area contributed by atoms with E-state index in [1.54, 1.807) is 24.5 Å². The zero-order chi connectivity index (χ0) is 13.0. The summed E-state index contributed by atoms with van der Waals surface area (Å²) < 4.78 is 13.9. The topological polar surface area (TPSA) is 42.2 Å². The average Bonchev–Trinajstić information content (AvgIpc) is 2.38. The van der Waals surface area contributed by atoms with Crippen LogP contribution in [0.25, 0.3) is 0 Å². The molecule has 2 N–H and O–H groups in total. The summed E-state index contributed by atoms with van der Waals surface area (Å²) in [6.45, 7) is 3.38. The van der Waals surface area contributed by atoms with Gasteiger partial charge in [-0.25, -0.2) is 4.39 Å². The molecule has 18 heavy (non-hydrogen) atoms. The summed E-state index contributed by atoms with van der Waals surface area (Å²) in [5.41, 5.74) is 7.67. The molecule has 0 amide bonds. The van der Waals surface area contributed by atoms with Gasteiger partial charge < -0.3 is 10.6 Å². The third-order valence-electron chi connectivity index (χ3n) is 2.82. The van der Waals surface area contributed by atoms with Gasteiger partial charge in [0.15, 0.2) is 0 Å². The first-order valence-corrected chi connectivity index (χ1v) is 5.89. The first-order valence-electron chi connectivity index (χ1n) is 5.89. The summed E-state index contributed by atoms with van der Waals surface area (Å²) in [7, 11) is 0. The van der Waals surface area contributed by atoms with E-state index in [-0.39, 0.29) is 5.82 Å². The molecule has 0 spiro atoms. The van der Waals surface area contributed by atoms with Crippen LogP contribution in [0.15, 0.2) is 42.7 Å². The maximum Gasteiger partial charge on any atom is 0.148 e. The molecule has 94 valence electrons. The number of anilines is 2. The van der Waals surface area contributed by atoms with Crippen molar-refractivity contribution in [3.63, 3.8) is 0 Å². The lowest BCUT2D eigenvalue weighted by atomic mass is 10.2. The molecule has 3 nitrogen and oxygen atoms in total. The van der Waals surface area contributed by atoms with Gasteiger partial charge in [-0.05, 0) is 42.8 Å². The number of halogens is 1. The summed E-state index contributed by atoms with van der Waals surface area (Å²) in [5.74, 6) is -0.286. The number of aromatic nitrogens is 1. The first kappa shape index (κ1) is 12.4. The summed E-state index contributed by atoms with van der Waals surface area (Å²) in [6.07, 6.45) is 3.48. The summed E-state index contributed by atoms with van der Waals surface area (Å²) in [6, 6.07) is 8.64. The minimum Gasteiger partial charge on any atom is -0.399 e. The predicted molar refractivity (Wildman–Crippen MR) is 71.8 cm³/mol. The number of hydrogen-bond acceptors (Lipinski definition) is 3. The Kier molecular flexibility index (Phi) is 3.77. The molecule has 0 saturated carbocycles. The highest BCUT2D eigenvalue weighted by Gasteiger charge is 2.10. The molecule has 1 aromatic heterocycles. The van der Waals surface area contributed by atoms with Crippen LogP contribution in [-0.4, -0.2) is 11.5 Å². The van der Waals surface area contributed by atoms with Gasteiger partial charge in [-0.2, -0.15) is 0 Å². The fourth-order valence-electron chi connectivity index (χ4n) is 1.86. The molecule has 0 saturated heterocycles. The van der Waals surface area contributed by atoms with Gasteiger partial charge in [-0.15, -0.1) is 0 Å². The normalized spacial score (nSPS) is 10.3. The van der Waals surface area contributed by atoms with Crippen molar-refractivity contribution in [1.82, 2.24) is 4.98 Å². The fraction of sp³-hybridized carbons (Fsp3) is 0.214. The van der Waals surface area contributed by atoms with E-state index in [1.165, 1.54) is 6.07 Å². The Morgan fingerprint density at radius 2 is 1.94 bits per heavy atom. The van der Waals surface area contributed by atoms with Crippen molar-refractivity contribution in [2.75, 3.05) is 17.2 Å². The van der Waals surface area contributed by atoms with Crippen LogP contribution >= 0.6 is 0 Å². The minimum atomic E-state index is -0.286. The molecule has 0 radical (unpaired) electrons. The summed E-state index contributed by atoms with van der Waals surface area (Å²) in [5, 5.41) is 0. The number of nitrogens with two attached hydrogens (primary N) is 1. The molecule has 1 heterocycles. The van der Waals surface area contributed by atoms with Gasteiger partial charge in [-0.3, -0.25) is 4.98 Å². The summed E-state index contributed by atoms with van der Waals surface area (Å²) in [4.78, 5) is 5.93. The first-order chi connectivity index (χ1) is 8.70. The maximum atomic E-state index is 13.9. The van der Waals surface area contributed by atoms with Gasteiger partial charge in [-0.1, -0.05) is 0 Å². The molecular weight excluding hydrogens is 229 g/mol. The molecule has 0 fully saturated rings. The standard InChI is InChI=1S/C14H16FN3/c1-2-18(10-11-5-7-17-8-6-11)14-4-3-12(16)9-13(14)15/h3-9H,2,10,16H2,1H3. The van der Waals surface area contributed by atoms with E-state index in [4.69, 9.17) is 5.73 Å². The van der Waals surface area contributed by atoms with Gasteiger partial charge in [0.1, 0.15) is 5.82 Å². The Balaban J connectivity index is 2.23. The van der Waals surface area contributed by atoms with Crippen molar-refractivity contribution in [3.8, 4) is 0 Å². The lowest BCUT2D eigenvalue weighted by Crippen LogP contribution is -2.23. The largest absolute Gasteiger partial charge is 0.399 e. The second kappa shape index (κ2) is 5.49. The Bertz CT molecular complexity index is 514. The van der Waals surface area contributed by atoms with Crippen LogP contribution in [0.3, 0.4) is 0 Å². The highest BCUT2D eigenvalue weighted by Crippen LogP contribution is 2.23. The molecule has 0 aliphatic carbocycles. The van der Waals surface area contributed by atoms with Crippen LogP contribution in [0, 0.1) is 5.82 Å². The van der Waals surface area contributed by atoms with Crippen LogP contribution in [0.4, 0.5) is 15.8 Å². The van der Waals surface area contributed by atoms with Crippen LogP contribution in [-0.2, 0) is 6.54 Å². The molecule has 0 unspecified atom stereocenters. The van der Waals surface area contributed by atoms with Crippen molar-refractivity contribution in [3.05, 3.63) is 54.1 Å². The molecular formula is C14H16FN3. The second-order valence-corrected chi connectivity index (χ2v) is 4.08. The quantitative estimate of drug-likeness (QED) is 0.842. The zero-order valence-electron chi connectivity index (χ0n) is 10.3. The summed E-state index contributed by atoms with van der Waals surface area (Å²) >= 11 is 0. The maximum absolute atomic E-state index is 13.9. The van der Waals surface area contributed by atoms with E-state index in [9.17, 15) is 4.39 Å². The fourth-order valence-corrected chi connectivity index (χ4v) is 1.86. The van der Waals surface area contributed by atoms with Gasteiger partial charge in [0, 0.05) is 31.2 Å². The lowest BCUT2D eigenvalue weighted by molar-refractivity contribution is 0.618. The van der Waals surface area contributed by atoms with E-state index in [0.29, 0.717) is 17.9 Å². The number of pyridine rings is 1. The van der Waals surface area contributed by atoms with E-state index in [2.05, 4.69) is 4.98 Å². The Hall–Kier alpha value is -2.10. The number of hydrogen-bond donors (Lipinski definition) is 1. The zero-order valence-corrected chi connectivity index (χ0v) is 10.3. The van der Waals surface area contributed by atoms with E-state index < -0.39 is 0 Å². The number of nitrogens with zero attached hydrogens (tertiary/aromatic N) is 2. The van der Waals surface area contributed by atoms with Crippen molar-refractivity contribution in [1.29, 1.82) is 0 Å². The van der Waals surface area contributed by atoms with Crippen molar-refractivity contribution >= 4 is 11.4 Å². The van der Waals surface area contributed by atoms with E-state index in [1.807, 2.05) is 24.0 Å². The molecule has 2 aromatic rings. The van der Waals surface area contributed by atoms with Crippen LogP contribution < -0.4 is 10.6 Å². The number of benzene rings is 1. The number of nitrogen functional groups attached to an aromatic ring is 1. The Morgan fingerprint density at radius 3 is 2.56 bits per heavy atom. The van der Waals surface area contributed by atoms with Gasteiger partial charge in [0.25, 0.3) is 0 Å². The molecule has 0 atom stereocenters. The van der Waals surface area contributed by atoms with Crippen molar-refractivity contribution in [2.45, 2.75) is 13.5 Å². The lowest BCUT2D eigenvalue weighted by Gasteiger charge is -2.23. The van der Waals surface area contributed by atoms with Gasteiger partial charge in [0.05, 0.1) is 5.69 Å². The van der Waals surface area contributed by atoms with Crippen LogP contribution in [0.2, 0.25) is 0 Å². The van der Waals surface area contributed by atoms with Crippen LogP contribution in [0.1, 0.15) is 12.5 Å². The molecule has 2 rings (SSSR count). The second-order valence-electron chi connectivity index (χ2n) is 4.08. The molecule has 0 aliphatic rings. The Labute approximate surface area is 106 Å². The Morgan fingerprint density at radius 1 is 1.22 bits per heavy atom. The van der Waals surface area contributed by atoms with Crippen molar-refractivity contribution in [2.24, 2.45) is 0 Å². The van der Waals surface area contributed by atoms with Crippen LogP contribution in [0.5, 0.6) is 0 Å². The molecule has 1 aromatic carbocycles. The van der Waals surface area contributed by atoms with Gasteiger partial charge in [0.2, 0.25) is 0 Å². The third kappa shape index (κ3) is 2.77. The van der Waals surface area contributed by atoms with E-state index >= 15 is 0 Å². The average molecular weight is 245 g/mol. The SMILES string of the molecule is CCN(Cc1ccncc1)c1ccc(N)cc1F.